The molecule has 0 aliphatic rings. The van der Waals surface area contributed by atoms with Crippen LogP contribution in [0.2, 0.25) is 5.02 Å². The zero-order valence-electron chi connectivity index (χ0n) is 10.6. The second kappa shape index (κ2) is 6.91. The predicted octanol–water partition coefficient (Wildman–Crippen LogP) is 3.29. The number of carbonyl (C=O) groups excluding carboxylic acids is 1. The van der Waals surface area contributed by atoms with Crippen molar-refractivity contribution >= 4 is 17.5 Å². The van der Waals surface area contributed by atoms with Crippen molar-refractivity contribution in [3.05, 3.63) is 64.9 Å². The Balaban J connectivity index is 1.77. The average molecular weight is 294 g/mol. The lowest BCUT2D eigenvalue weighted by atomic mass is 10.2. The van der Waals surface area contributed by atoms with Gasteiger partial charge in [0.15, 0.2) is 0 Å². The van der Waals surface area contributed by atoms with Crippen molar-refractivity contribution in [2.24, 2.45) is 0 Å². The summed E-state index contributed by atoms with van der Waals surface area (Å²) < 4.78 is 18.4. The minimum absolute atomic E-state index is 0.285. The highest BCUT2D eigenvalue weighted by molar-refractivity contribution is 6.30. The molecule has 0 aliphatic carbocycles. The highest BCUT2D eigenvalue weighted by Gasteiger charge is 2.05. The third-order valence-corrected chi connectivity index (χ3v) is 2.77. The molecule has 0 atom stereocenters. The zero-order valence-corrected chi connectivity index (χ0v) is 11.4. The van der Waals surface area contributed by atoms with Gasteiger partial charge in [-0.25, -0.2) is 4.39 Å². The van der Waals surface area contributed by atoms with Crippen molar-refractivity contribution in [1.82, 2.24) is 5.32 Å². The van der Waals surface area contributed by atoms with Crippen molar-refractivity contribution in [2.45, 2.75) is 0 Å². The Labute approximate surface area is 121 Å². The number of nitrogens with one attached hydrogen (secondary N) is 1. The van der Waals surface area contributed by atoms with Gasteiger partial charge in [0, 0.05) is 10.6 Å². The Morgan fingerprint density at radius 3 is 2.75 bits per heavy atom. The minimum Gasteiger partial charge on any atom is -0.492 e. The van der Waals surface area contributed by atoms with E-state index in [0.717, 1.165) is 0 Å². The molecule has 0 fully saturated rings. The number of hydrogen-bond donors (Lipinski definition) is 1. The number of amides is 1. The standard InChI is InChI=1S/C15H13ClFNO2/c16-12-4-2-6-14(10-12)20-8-7-18-15(19)11-3-1-5-13(17)9-11/h1-6,9-10H,7-8H2,(H,18,19). The molecule has 0 spiro atoms. The number of ether oxygens (including phenoxy) is 1. The molecule has 0 aliphatic heterocycles. The lowest BCUT2D eigenvalue weighted by Gasteiger charge is -2.08. The fourth-order valence-corrected chi connectivity index (χ4v) is 1.80. The van der Waals surface area contributed by atoms with Crippen LogP contribution in [0.5, 0.6) is 5.75 Å². The second-order valence-electron chi connectivity index (χ2n) is 4.07. The molecular weight excluding hydrogens is 281 g/mol. The van der Waals surface area contributed by atoms with Crippen LogP contribution in [-0.4, -0.2) is 19.1 Å². The molecular formula is C15H13ClFNO2. The summed E-state index contributed by atoms with van der Waals surface area (Å²) in [5.41, 5.74) is 0.285. The molecule has 2 aromatic carbocycles. The van der Waals surface area contributed by atoms with Crippen LogP contribution in [0.1, 0.15) is 10.4 Å². The molecule has 1 N–H and O–H groups in total. The van der Waals surface area contributed by atoms with Gasteiger partial charge >= 0.3 is 0 Å². The van der Waals surface area contributed by atoms with Crippen molar-refractivity contribution in [3.8, 4) is 5.75 Å². The van der Waals surface area contributed by atoms with Crippen LogP contribution in [0.15, 0.2) is 48.5 Å². The van der Waals surface area contributed by atoms with Crippen LogP contribution in [0.3, 0.4) is 0 Å². The van der Waals surface area contributed by atoms with Gasteiger partial charge in [-0.15, -0.1) is 0 Å². The van der Waals surface area contributed by atoms with Crippen molar-refractivity contribution in [1.29, 1.82) is 0 Å². The van der Waals surface area contributed by atoms with Gasteiger partial charge in [-0.3, -0.25) is 4.79 Å². The number of benzene rings is 2. The van der Waals surface area contributed by atoms with Crippen molar-refractivity contribution < 1.29 is 13.9 Å². The van der Waals surface area contributed by atoms with E-state index in [9.17, 15) is 9.18 Å². The van der Waals surface area contributed by atoms with E-state index in [1.807, 2.05) is 0 Å². The zero-order chi connectivity index (χ0) is 14.4. The first kappa shape index (κ1) is 14.3. The van der Waals surface area contributed by atoms with Gasteiger partial charge in [0.2, 0.25) is 0 Å². The molecule has 3 nitrogen and oxygen atoms in total. The Morgan fingerprint density at radius 1 is 1.20 bits per heavy atom. The number of rotatable bonds is 5. The average Bonchev–Trinajstić information content (AvgIpc) is 2.43. The maximum Gasteiger partial charge on any atom is 0.251 e. The Hall–Kier alpha value is -2.07. The molecule has 5 heteroatoms. The monoisotopic (exact) mass is 293 g/mol. The maximum absolute atomic E-state index is 13.0. The topological polar surface area (TPSA) is 38.3 Å². The minimum atomic E-state index is -0.437. The van der Waals surface area contributed by atoms with Crippen LogP contribution >= 0.6 is 11.6 Å². The van der Waals surface area contributed by atoms with Crippen LogP contribution in [-0.2, 0) is 0 Å². The molecule has 0 heterocycles. The van der Waals surface area contributed by atoms with E-state index in [0.29, 0.717) is 23.9 Å². The summed E-state index contributed by atoms with van der Waals surface area (Å²) in [6, 6.07) is 12.5. The molecule has 2 rings (SSSR count). The summed E-state index contributed by atoms with van der Waals surface area (Å²) in [7, 11) is 0. The van der Waals surface area contributed by atoms with Gasteiger partial charge in [0.25, 0.3) is 5.91 Å². The van der Waals surface area contributed by atoms with E-state index in [2.05, 4.69) is 5.32 Å². The molecule has 0 unspecified atom stereocenters. The van der Waals surface area contributed by atoms with Gasteiger partial charge in [0.1, 0.15) is 18.2 Å². The highest BCUT2D eigenvalue weighted by atomic mass is 35.5. The molecule has 0 aromatic heterocycles. The third kappa shape index (κ3) is 4.24. The Morgan fingerprint density at radius 2 is 2.00 bits per heavy atom. The number of hydrogen-bond acceptors (Lipinski definition) is 2. The van der Waals surface area contributed by atoms with Gasteiger partial charge in [-0.1, -0.05) is 23.7 Å². The lowest BCUT2D eigenvalue weighted by Crippen LogP contribution is -2.28. The molecule has 2 aromatic rings. The Kier molecular flexibility index (Phi) is 4.96. The van der Waals surface area contributed by atoms with E-state index < -0.39 is 5.82 Å². The summed E-state index contributed by atoms with van der Waals surface area (Å²) in [6.07, 6.45) is 0. The molecule has 0 saturated carbocycles. The molecule has 20 heavy (non-hydrogen) atoms. The summed E-state index contributed by atoms with van der Waals surface area (Å²) in [6.45, 7) is 0.628. The summed E-state index contributed by atoms with van der Waals surface area (Å²) in [4.78, 5) is 11.7. The van der Waals surface area contributed by atoms with Crippen LogP contribution < -0.4 is 10.1 Å². The summed E-state index contributed by atoms with van der Waals surface area (Å²) >= 11 is 5.82. The Bertz CT molecular complexity index is 604. The molecule has 1 amide bonds. The van der Waals surface area contributed by atoms with Gasteiger partial charge in [-0.2, -0.15) is 0 Å². The molecule has 104 valence electrons. The van der Waals surface area contributed by atoms with Gasteiger partial charge < -0.3 is 10.1 Å². The molecule has 0 radical (unpaired) electrons. The predicted molar refractivity (Wildman–Crippen MR) is 75.7 cm³/mol. The number of halogens is 2. The fourth-order valence-electron chi connectivity index (χ4n) is 1.62. The van der Waals surface area contributed by atoms with Crippen LogP contribution in [0, 0.1) is 5.82 Å². The summed E-state index contributed by atoms with van der Waals surface area (Å²) in [5.74, 6) is -0.135. The maximum atomic E-state index is 13.0. The second-order valence-corrected chi connectivity index (χ2v) is 4.51. The normalized spacial score (nSPS) is 10.1. The lowest BCUT2D eigenvalue weighted by molar-refractivity contribution is 0.0946. The fraction of sp³-hybridized carbons (Fsp3) is 0.133. The van der Waals surface area contributed by atoms with E-state index in [-0.39, 0.29) is 11.5 Å². The van der Waals surface area contributed by atoms with Gasteiger partial charge in [0.05, 0.1) is 6.54 Å². The summed E-state index contributed by atoms with van der Waals surface area (Å²) in [5, 5.41) is 3.24. The third-order valence-electron chi connectivity index (χ3n) is 2.54. The largest absolute Gasteiger partial charge is 0.492 e. The van der Waals surface area contributed by atoms with E-state index in [4.69, 9.17) is 16.3 Å². The van der Waals surface area contributed by atoms with Crippen LogP contribution in [0.4, 0.5) is 4.39 Å². The first-order chi connectivity index (χ1) is 9.65. The van der Waals surface area contributed by atoms with Crippen molar-refractivity contribution in [3.63, 3.8) is 0 Å². The molecule has 0 bridgehead atoms. The molecule has 0 saturated heterocycles. The van der Waals surface area contributed by atoms with Crippen LogP contribution in [0.25, 0.3) is 0 Å². The smallest absolute Gasteiger partial charge is 0.251 e. The van der Waals surface area contributed by atoms with Gasteiger partial charge in [-0.05, 0) is 36.4 Å². The SMILES string of the molecule is O=C(NCCOc1cccc(Cl)c1)c1cccc(F)c1. The quantitative estimate of drug-likeness (QED) is 0.859. The van der Waals surface area contributed by atoms with E-state index in [1.165, 1.54) is 18.2 Å². The highest BCUT2D eigenvalue weighted by Crippen LogP contribution is 2.16. The van der Waals surface area contributed by atoms with Crippen molar-refractivity contribution in [2.75, 3.05) is 13.2 Å². The van der Waals surface area contributed by atoms with E-state index in [1.54, 1.807) is 30.3 Å². The van der Waals surface area contributed by atoms with E-state index >= 15 is 0 Å². The first-order valence-electron chi connectivity index (χ1n) is 6.07. The first-order valence-corrected chi connectivity index (χ1v) is 6.45. The number of carbonyl (C=O) groups is 1.